The van der Waals surface area contributed by atoms with Crippen LogP contribution in [0.1, 0.15) is 10.4 Å². The van der Waals surface area contributed by atoms with Gasteiger partial charge >= 0.3 is 5.69 Å². The summed E-state index contributed by atoms with van der Waals surface area (Å²) >= 11 is 1.50. The molecule has 2 aromatic rings. The number of hydrogen-bond acceptors (Lipinski definition) is 6. The molecule has 8 heteroatoms. The summed E-state index contributed by atoms with van der Waals surface area (Å²) < 4.78 is 5.44. The van der Waals surface area contributed by atoms with Gasteiger partial charge in [-0.2, -0.15) is 0 Å². The van der Waals surface area contributed by atoms with Crippen molar-refractivity contribution in [1.82, 2.24) is 0 Å². The summed E-state index contributed by atoms with van der Waals surface area (Å²) in [6, 6.07) is 7.88. The average Bonchev–Trinajstić information content (AvgIpc) is 2.97. The number of nitro benzene ring substituents is 1. The second-order valence-corrected chi connectivity index (χ2v) is 4.83. The molecule has 0 bridgehead atoms. The molecule has 0 saturated carbocycles. The zero-order valence-electron chi connectivity index (χ0n) is 10.2. The van der Waals surface area contributed by atoms with Crippen LogP contribution < -0.4 is 10.5 Å². The van der Waals surface area contributed by atoms with E-state index < -0.39 is 4.92 Å². The Kier molecular flexibility index (Phi) is 4.16. The van der Waals surface area contributed by atoms with E-state index in [4.69, 9.17) is 15.7 Å². The highest BCUT2D eigenvalue weighted by Gasteiger charge is 2.17. The molecule has 0 aliphatic carbocycles. The number of amidine groups is 1. The van der Waals surface area contributed by atoms with Gasteiger partial charge in [-0.05, 0) is 23.6 Å². The maximum atomic E-state index is 11.0. The SMILES string of the molecule is NC(=NO)c1ccc(OCc2cccs2)c([N+](=O)[O-])c1. The number of nitro groups is 1. The predicted molar refractivity (Wildman–Crippen MR) is 74.3 cm³/mol. The Labute approximate surface area is 118 Å². The molecule has 20 heavy (non-hydrogen) atoms. The summed E-state index contributed by atoms with van der Waals surface area (Å²) in [6.07, 6.45) is 0. The number of benzene rings is 1. The molecule has 1 aromatic carbocycles. The fourth-order valence-electron chi connectivity index (χ4n) is 1.54. The first kappa shape index (κ1) is 13.8. The van der Waals surface area contributed by atoms with Crippen LogP contribution in [0.4, 0.5) is 5.69 Å². The van der Waals surface area contributed by atoms with E-state index in [1.54, 1.807) is 0 Å². The Morgan fingerprint density at radius 3 is 2.90 bits per heavy atom. The topological polar surface area (TPSA) is 111 Å². The van der Waals surface area contributed by atoms with Gasteiger partial charge in [-0.25, -0.2) is 0 Å². The lowest BCUT2D eigenvalue weighted by molar-refractivity contribution is -0.385. The minimum Gasteiger partial charge on any atom is -0.481 e. The van der Waals surface area contributed by atoms with Crippen molar-refractivity contribution >= 4 is 22.9 Å². The molecule has 0 amide bonds. The zero-order chi connectivity index (χ0) is 14.5. The number of oxime groups is 1. The number of ether oxygens (including phenoxy) is 1. The van der Waals surface area contributed by atoms with E-state index in [-0.39, 0.29) is 29.4 Å². The monoisotopic (exact) mass is 293 g/mol. The van der Waals surface area contributed by atoms with Gasteiger partial charge in [0, 0.05) is 16.5 Å². The van der Waals surface area contributed by atoms with E-state index in [2.05, 4.69) is 5.16 Å². The van der Waals surface area contributed by atoms with Crippen LogP contribution in [0.3, 0.4) is 0 Å². The van der Waals surface area contributed by atoms with Crippen LogP contribution in [0.5, 0.6) is 5.75 Å². The molecular formula is C12H11N3O4S. The summed E-state index contributed by atoms with van der Waals surface area (Å²) in [7, 11) is 0. The first-order chi connectivity index (χ1) is 9.61. The summed E-state index contributed by atoms with van der Waals surface area (Å²) in [4.78, 5) is 11.4. The van der Waals surface area contributed by atoms with Crippen LogP contribution in [-0.2, 0) is 6.61 Å². The van der Waals surface area contributed by atoms with Crippen molar-refractivity contribution in [1.29, 1.82) is 0 Å². The first-order valence-corrected chi connectivity index (χ1v) is 6.41. The van der Waals surface area contributed by atoms with E-state index in [9.17, 15) is 10.1 Å². The van der Waals surface area contributed by atoms with Gasteiger partial charge in [0.1, 0.15) is 6.61 Å². The standard InChI is InChI=1S/C12H11N3O4S/c13-12(14-16)8-3-4-11(10(6-8)15(17)18)19-7-9-2-1-5-20-9/h1-6,16H,7H2,(H2,13,14). The molecule has 0 atom stereocenters. The lowest BCUT2D eigenvalue weighted by Gasteiger charge is -2.07. The molecule has 7 nitrogen and oxygen atoms in total. The van der Waals surface area contributed by atoms with Gasteiger partial charge in [-0.1, -0.05) is 11.2 Å². The minimum absolute atomic E-state index is 0.137. The third-order valence-corrected chi connectivity index (χ3v) is 3.36. The van der Waals surface area contributed by atoms with Gasteiger partial charge in [-0.15, -0.1) is 11.3 Å². The highest BCUT2D eigenvalue weighted by atomic mass is 32.1. The average molecular weight is 293 g/mol. The molecule has 2 rings (SSSR count). The Bertz CT molecular complexity index is 640. The number of nitrogens with zero attached hydrogens (tertiary/aromatic N) is 2. The van der Waals surface area contributed by atoms with Crippen LogP contribution in [0.25, 0.3) is 0 Å². The van der Waals surface area contributed by atoms with E-state index >= 15 is 0 Å². The summed E-state index contributed by atoms with van der Waals surface area (Å²) in [6.45, 7) is 0.251. The molecule has 1 heterocycles. The van der Waals surface area contributed by atoms with Gasteiger partial charge in [0.05, 0.1) is 4.92 Å². The number of nitrogens with two attached hydrogens (primary N) is 1. The van der Waals surface area contributed by atoms with Gasteiger partial charge in [0.2, 0.25) is 0 Å². The van der Waals surface area contributed by atoms with E-state index in [1.807, 2.05) is 17.5 Å². The van der Waals surface area contributed by atoms with Crippen molar-refractivity contribution in [2.24, 2.45) is 10.9 Å². The summed E-state index contributed by atoms with van der Waals surface area (Å²) in [5.74, 6) is -0.0594. The van der Waals surface area contributed by atoms with Crippen molar-refractivity contribution < 1.29 is 14.9 Å². The molecule has 0 fully saturated rings. The predicted octanol–water partition coefficient (Wildman–Crippen LogP) is 2.33. The normalized spacial score (nSPS) is 11.3. The molecule has 0 aliphatic rings. The second kappa shape index (κ2) is 6.02. The van der Waals surface area contributed by atoms with Gasteiger partial charge < -0.3 is 15.7 Å². The van der Waals surface area contributed by atoms with Crippen LogP contribution in [0.2, 0.25) is 0 Å². The molecule has 0 saturated heterocycles. The van der Waals surface area contributed by atoms with Crippen molar-refractivity contribution in [3.8, 4) is 5.75 Å². The Morgan fingerprint density at radius 1 is 1.50 bits per heavy atom. The van der Waals surface area contributed by atoms with Crippen molar-refractivity contribution in [3.63, 3.8) is 0 Å². The van der Waals surface area contributed by atoms with Crippen LogP contribution >= 0.6 is 11.3 Å². The number of hydrogen-bond donors (Lipinski definition) is 2. The van der Waals surface area contributed by atoms with Gasteiger partial charge in [0.15, 0.2) is 11.6 Å². The lowest BCUT2D eigenvalue weighted by atomic mass is 10.1. The Hall–Kier alpha value is -2.61. The quantitative estimate of drug-likeness (QED) is 0.289. The third-order valence-electron chi connectivity index (χ3n) is 2.51. The fraction of sp³-hybridized carbons (Fsp3) is 0.0833. The van der Waals surface area contributed by atoms with Crippen molar-refractivity contribution in [3.05, 3.63) is 56.3 Å². The maximum absolute atomic E-state index is 11.0. The Balaban J connectivity index is 2.26. The maximum Gasteiger partial charge on any atom is 0.311 e. The van der Waals surface area contributed by atoms with E-state index in [1.165, 1.54) is 29.5 Å². The highest BCUT2D eigenvalue weighted by Crippen LogP contribution is 2.29. The third kappa shape index (κ3) is 3.04. The lowest BCUT2D eigenvalue weighted by Crippen LogP contribution is -2.13. The largest absolute Gasteiger partial charge is 0.481 e. The zero-order valence-corrected chi connectivity index (χ0v) is 11.0. The molecule has 0 radical (unpaired) electrons. The van der Waals surface area contributed by atoms with Gasteiger partial charge in [0.25, 0.3) is 0 Å². The molecular weight excluding hydrogens is 282 g/mol. The van der Waals surface area contributed by atoms with E-state index in [0.717, 1.165) is 4.88 Å². The van der Waals surface area contributed by atoms with Crippen LogP contribution in [-0.4, -0.2) is 16.0 Å². The van der Waals surface area contributed by atoms with Crippen molar-refractivity contribution in [2.75, 3.05) is 0 Å². The molecule has 104 valence electrons. The molecule has 1 aromatic heterocycles. The molecule has 0 unspecified atom stereocenters. The molecule has 3 N–H and O–H groups in total. The van der Waals surface area contributed by atoms with E-state index in [0.29, 0.717) is 0 Å². The second-order valence-electron chi connectivity index (χ2n) is 3.79. The molecule has 0 aliphatic heterocycles. The smallest absolute Gasteiger partial charge is 0.311 e. The summed E-state index contributed by atoms with van der Waals surface area (Å²) in [5.41, 5.74) is 5.42. The highest BCUT2D eigenvalue weighted by molar-refractivity contribution is 7.09. The van der Waals surface area contributed by atoms with Gasteiger partial charge in [-0.3, -0.25) is 10.1 Å². The van der Waals surface area contributed by atoms with Crippen molar-refractivity contribution in [2.45, 2.75) is 6.61 Å². The first-order valence-electron chi connectivity index (χ1n) is 5.53. The summed E-state index contributed by atoms with van der Waals surface area (Å²) in [5, 5.41) is 24.3. The fourth-order valence-corrected chi connectivity index (χ4v) is 2.16. The van der Waals surface area contributed by atoms with Crippen LogP contribution in [0.15, 0.2) is 40.9 Å². The number of thiophene rings is 1. The number of rotatable bonds is 5. The Morgan fingerprint density at radius 2 is 2.30 bits per heavy atom. The minimum atomic E-state index is -0.572. The molecule has 0 spiro atoms. The van der Waals surface area contributed by atoms with Crippen LogP contribution in [0, 0.1) is 10.1 Å².